The molecule has 0 saturated carbocycles. The zero-order valence-corrected chi connectivity index (χ0v) is 15.7. The van der Waals surface area contributed by atoms with Crippen molar-refractivity contribution in [3.05, 3.63) is 39.8 Å². The van der Waals surface area contributed by atoms with E-state index in [0.717, 1.165) is 24.3 Å². The molecule has 0 unspecified atom stereocenters. The molecule has 2 rings (SSSR count). The fourth-order valence-corrected chi connectivity index (χ4v) is 3.13. The number of benzene rings is 1. The van der Waals surface area contributed by atoms with E-state index in [1.807, 2.05) is 0 Å². The van der Waals surface area contributed by atoms with E-state index in [1.54, 1.807) is 24.3 Å². The highest BCUT2D eigenvalue weighted by molar-refractivity contribution is 7.13. The molecule has 6 nitrogen and oxygen atoms in total. The monoisotopic (exact) mass is 360 g/mol. The van der Waals surface area contributed by atoms with Crippen LogP contribution >= 0.6 is 11.3 Å². The normalized spacial score (nSPS) is 10.7. The Bertz CT molecular complexity index is 727. The minimum Gasteiger partial charge on any atom is -0.352 e. The Morgan fingerprint density at radius 1 is 1.20 bits per heavy atom. The van der Waals surface area contributed by atoms with Gasteiger partial charge < -0.3 is 10.6 Å². The van der Waals surface area contributed by atoms with E-state index < -0.39 is 0 Å². The maximum absolute atomic E-state index is 12.3. The topological polar surface area (TPSA) is 84.0 Å². The number of unbranched alkanes of at least 4 members (excludes halogenated alkanes) is 1. The zero-order chi connectivity index (χ0) is 18.2. The molecule has 7 heteroatoms. The Morgan fingerprint density at radius 3 is 2.72 bits per heavy atom. The third kappa shape index (κ3) is 5.94. The number of hydrogen-bond acceptors (Lipinski definition) is 5. The van der Waals surface area contributed by atoms with Crippen LogP contribution in [0, 0.1) is 5.92 Å². The van der Waals surface area contributed by atoms with E-state index in [0.29, 0.717) is 28.7 Å². The highest BCUT2D eigenvalue weighted by Crippen LogP contribution is 2.17. The predicted octanol–water partition coefficient (Wildman–Crippen LogP) is 3.52. The summed E-state index contributed by atoms with van der Waals surface area (Å²) in [5.74, 6) is 0.0162. The number of carbonyl (C=O) groups excluding carboxylic acids is 2. The smallest absolute Gasteiger partial charge is 0.286 e. The van der Waals surface area contributed by atoms with Crippen molar-refractivity contribution in [1.82, 2.24) is 15.5 Å². The molecule has 25 heavy (non-hydrogen) atoms. The molecule has 0 spiro atoms. The Labute approximate surface area is 152 Å². The third-order valence-electron chi connectivity index (χ3n) is 3.44. The molecular formula is C18H24N4O2S. The molecule has 0 atom stereocenters. The first-order chi connectivity index (χ1) is 12.0. The number of carbonyl (C=O) groups is 2. The molecule has 0 bridgehead atoms. The van der Waals surface area contributed by atoms with E-state index in [-0.39, 0.29) is 11.8 Å². The largest absolute Gasteiger partial charge is 0.352 e. The molecule has 0 aliphatic carbocycles. The van der Waals surface area contributed by atoms with Crippen LogP contribution in [0.5, 0.6) is 0 Å². The van der Waals surface area contributed by atoms with Gasteiger partial charge in [0.15, 0.2) is 0 Å². The number of aromatic nitrogens is 2. The summed E-state index contributed by atoms with van der Waals surface area (Å²) >= 11 is 1.30. The van der Waals surface area contributed by atoms with Crippen molar-refractivity contribution in [2.45, 2.75) is 40.0 Å². The predicted molar refractivity (Wildman–Crippen MR) is 100 cm³/mol. The second kappa shape index (κ2) is 9.27. The lowest BCUT2D eigenvalue weighted by Gasteiger charge is -2.07. The van der Waals surface area contributed by atoms with Crippen LogP contribution in [0.1, 0.15) is 58.8 Å². The quantitative estimate of drug-likeness (QED) is 0.706. The lowest BCUT2D eigenvalue weighted by atomic mass is 10.1. The number of amides is 2. The molecule has 0 saturated heterocycles. The standard InChI is InChI=1S/C18H24N4O2S/c1-4-5-9-19-16(23)13-7-6-8-14(11-13)20-17(24)18-22-21-15(25-18)10-12(2)3/h6-8,11-12H,4-5,9-10H2,1-3H3,(H,19,23)(H,20,24). The number of nitrogens with one attached hydrogen (secondary N) is 2. The van der Waals surface area contributed by atoms with Crippen LogP contribution in [0.3, 0.4) is 0 Å². The molecule has 0 radical (unpaired) electrons. The zero-order valence-electron chi connectivity index (χ0n) is 14.8. The van der Waals surface area contributed by atoms with Crippen LogP contribution in [0.25, 0.3) is 0 Å². The van der Waals surface area contributed by atoms with Crippen LogP contribution in [-0.4, -0.2) is 28.6 Å². The maximum atomic E-state index is 12.3. The highest BCUT2D eigenvalue weighted by Gasteiger charge is 2.14. The lowest BCUT2D eigenvalue weighted by Crippen LogP contribution is -2.24. The van der Waals surface area contributed by atoms with Crippen LogP contribution in [0.15, 0.2) is 24.3 Å². The van der Waals surface area contributed by atoms with Crippen molar-refractivity contribution in [3.63, 3.8) is 0 Å². The first-order valence-corrected chi connectivity index (χ1v) is 9.33. The minimum atomic E-state index is -0.309. The van der Waals surface area contributed by atoms with Crippen molar-refractivity contribution < 1.29 is 9.59 Å². The average molecular weight is 360 g/mol. The minimum absolute atomic E-state index is 0.139. The summed E-state index contributed by atoms with van der Waals surface area (Å²) < 4.78 is 0. The van der Waals surface area contributed by atoms with Crippen LogP contribution < -0.4 is 10.6 Å². The van der Waals surface area contributed by atoms with Gasteiger partial charge in [-0.3, -0.25) is 9.59 Å². The molecule has 2 N–H and O–H groups in total. The summed E-state index contributed by atoms with van der Waals surface area (Å²) in [6.45, 7) is 6.91. The number of rotatable bonds is 8. The van der Waals surface area contributed by atoms with Gasteiger partial charge in [-0.1, -0.05) is 44.6 Å². The molecule has 2 amide bonds. The van der Waals surface area contributed by atoms with Crippen molar-refractivity contribution in [3.8, 4) is 0 Å². The molecule has 1 aromatic heterocycles. The molecule has 1 heterocycles. The number of hydrogen-bond donors (Lipinski definition) is 2. The van der Waals surface area contributed by atoms with Gasteiger partial charge in [-0.15, -0.1) is 10.2 Å². The number of nitrogens with zero attached hydrogens (tertiary/aromatic N) is 2. The first kappa shape index (κ1) is 19.1. The Balaban J connectivity index is 2.00. The fourth-order valence-electron chi connectivity index (χ4n) is 2.18. The molecular weight excluding hydrogens is 336 g/mol. The van der Waals surface area contributed by atoms with Crippen molar-refractivity contribution >= 4 is 28.8 Å². The summed E-state index contributed by atoms with van der Waals surface area (Å²) in [6, 6.07) is 6.88. The summed E-state index contributed by atoms with van der Waals surface area (Å²) in [6.07, 6.45) is 2.77. The maximum Gasteiger partial charge on any atom is 0.286 e. The molecule has 2 aromatic rings. The molecule has 0 aliphatic heterocycles. The SMILES string of the molecule is CCCCNC(=O)c1cccc(NC(=O)c2nnc(CC(C)C)s2)c1. The van der Waals surface area contributed by atoms with Crippen molar-refractivity contribution in [1.29, 1.82) is 0 Å². The highest BCUT2D eigenvalue weighted by atomic mass is 32.1. The summed E-state index contributed by atoms with van der Waals surface area (Å²) in [5.41, 5.74) is 1.08. The second-order valence-electron chi connectivity index (χ2n) is 6.24. The Hall–Kier alpha value is -2.28. The van der Waals surface area contributed by atoms with Gasteiger partial charge in [-0.25, -0.2) is 0 Å². The van der Waals surface area contributed by atoms with E-state index in [9.17, 15) is 9.59 Å². The van der Waals surface area contributed by atoms with Gasteiger partial charge in [0.2, 0.25) is 5.01 Å². The summed E-state index contributed by atoms with van der Waals surface area (Å²) in [7, 11) is 0. The number of anilines is 1. The van der Waals surface area contributed by atoms with Gasteiger partial charge in [-0.2, -0.15) is 0 Å². The van der Waals surface area contributed by atoms with E-state index in [2.05, 4.69) is 41.6 Å². The Kier molecular flexibility index (Phi) is 7.06. The van der Waals surface area contributed by atoms with Gasteiger partial charge in [0.25, 0.3) is 11.8 Å². The molecule has 0 fully saturated rings. The average Bonchev–Trinajstić information content (AvgIpc) is 3.03. The molecule has 0 aliphatic rings. The van der Waals surface area contributed by atoms with Gasteiger partial charge >= 0.3 is 0 Å². The van der Waals surface area contributed by atoms with Crippen molar-refractivity contribution in [2.75, 3.05) is 11.9 Å². The van der Waals surface area contributed by atoms with Gasteiger partial charge in [0.1, 0.15) is 5.01 Å². The van der Waals surface area contributed by atoms with Gasteiger partial charge in [0.05, 0.1) is 0 Å². The van der Waals surface area contributed by atoms with E-state index in [4.69, 9.17) is 0 Å². The summed E-state index contributed by atoms with van der Waals surface area (Å²) in [5, 5.41) is 14.8. The fraction of sp³-hybridized carbons (Fsp3) is 0.444. The summed E-state index contributed by atoms with van der Waals surface area (Å²) in [4.78, 5) is 24.4. The van der Waals surface area contributed by atoms with Crippen LogP contribution in [0.4, 0.5) is 5.69 Å². The first-order valence-electron chi connectivity index (χ1n) is 8.51. The molecule has 134 valence electrons. The third-order valence-corrected chi connectivity index (χ3v) is 4.39. The van der Waals surface area contributed by atoms with Crippen LogP contribution in [-0.2, 0) is 6.42 Å². The van der Waals surface area contributed by atoms with Crippen LogP contribution in [0.2, 0.25) is 0 Å². The molecule has 1 aromatic carbocycles. The van der Waals surface area contributed by atoms with E-state index >= 15 is 0 Å². The van der Waals surface area contributed by atoms with Gasteiger partial charge in [-0.05, 0) is 30.5 Å². The Morgan fingerprint density at radius 2 is 2.00 bits per heavy atom. The van der Waals surface area contributed by atoms with Crippen molar-refractivity contribution in [2.24, 2.45) is 5.92 Å². The van der Waals surface area contributed by atoms with E-state index in [1.165, 1.54) is 11.3 Å². The van der Waals surface area contributed by atoms with Gasteiger partial charge in [0, 0.05) is 24.2 Å². The lowest BCUT2D eigenvalue weighted by molar-refractivity contribution is 0.0951. The second-order valence-corrected chi connectivity index (χ2v) is 7.31.